The van der Waals surface area contributed by atoms with Crippen molar-refractivity contribution in [2.75, 3.05) is 6.61 Å². The monoisotopic (exact) mass is 279 g/mol. The van der Waals surface area contributed by atoms with Crippen LogP contribution in [0.3, 0.4) is 0 Å². The van der Waals surface area contributed by atoms with Crippen LogP contribution >= 0.6 is 11.3 Å². The third kappa shape index (κ3) is 2.72. The molecule has 1 N–H and O–H groups in total. The molecular formula is C12H13N3O3S. The lowest BCUT2D eigenvalue weighted by molar-refractivity contribution is 0.0399. The Morgan fingerprint density at radius 2 is 2.37 bits per heavy atom. The molecule has 0 aromatic carbocycles. The Hall–Kier alpha value is -1.99. The number of fused-ring (bicyclic) bond motifs is 1. The molecule has 0 aliphatic rings. The second-order valence-electron chi connectivity index (χ2n) is 4.15. The van der Waals surface area contributed by atoms with Crippen molar-refractivity contribution in [2.24, 2.45) is 0 Å². The van der Waals surface area contributed by atoms with E-state index in [9.17, 15) is 9.59 Å². The summed E-state index contributed by atoms with van der Waals surface area (Å²) < 4.78 is 1.40. The first-order chi connectivity index (χ1) is 9.00. The van der Waals surface area contributed by atoms with E-state index in [2.05, 4.69) is 17.0 Å². The number of aromatic nitrogens is 2. The smallest absolute Gasteiger partial charge is 0.269 e. The summed E-state index contributed by atoms with van der Waals surface area (Å²) in [5.74, 6) is -0.612. The fraction of sp³-hybridized carbons (Fsp3) is 0.250. The van der Waals surface area contributed by atoms with Crippen LogP contribution in [0, 0.1) is 6.92 Å². The van der Waals surface area contributed by atoms with E-state index in [0.29, 0.717) is 4.96 Å². The molecule has 1 amide bonds. The summed E-state index contributed by atoms with van der Waals surface area (Å²) in [5, 5.41) is 1.81. The zero-order valence-electron chi connectivity index (χ0n) is 10.6. The van der Waals surface area contributed by atoms with Crippen molar-refractivity contribution in [3.8, 4) is 0 Å². The Morgan fingerprint density at radius 3 is 3.05 bits per heavy atom. The second-order valence-corrected chi connectivity index (χ2v) is 4.99. The Kier molecular flexibility index (Phi) is 3.77. The number of hydroxylamine groups is 1. The fourth-order valence-corrected chi connectivity index (χ4v) is 2.29. The van der Waals surface area contributed by atoms with Gasteiger partial charge in [0.05, 0.1) is 6.61 Å². The Morgan fingerprint density at radius 1 is 1.63 bits per heavy atom. The van der Waals surface area contributed by atoms with Gasteiger partial charge in [-0.15, -0.1) is 11.3 Å². The summed E-state index contributed by atoms with van der Waals surface area (Å²) >= 11 is 1.35. The standard InChI is InChI=1S/C12H13N3O3S/c1-7(2)5-18-14-10(16)9-4-13-12-15(11(9)17)8(3)6-19-12/h4,6H,1,5H2,2-3H3,(H,14,16). The minimum absolute atomic E-state index is 0.0549. The van der Waals surface area contributed by atoms with Gasteiger partial charge in [0.25, 0.3) is 11.5 Å². The normalized spacial score (nSPS) is 10.6. The van der Waals surface area contributed by atoms with Crippen molar-refractivity contribution in [2.45, 2.75) is 13.8 Å². The minimum atomic E-state index is -0.612. The molecule has 2 aromatic rings. The van der Waals surface area contributed by atoms with E-state index < -0.39 is 11.5 Å². The van der Waals surface area contributed by atoms with Gasteiger partial charge < -0.3 is 0 Å². The summed E-state index contributed by atoms with van der Waals surface area (Å²) in [6.07, 6.45) is 1.26. The van der Waals surface area contributed by atoms with Crippen LogP contribution in [0.25, 0.3) is 4.96 Å². The average Bonchev–Trinajstić information content (AvgIpc) is 2.71. The Labute approximate surface area is 113 Å². The fourth-order valence-electron chi connectivity index (χ4n) is 1.46. The van der Waals surface area contributed by atoms with Crippen molar-refractivity contribution >= 4 is 22.2 Å². The first kappa shape index (κ1) is 13.4. The van der Waals surface area contributed by atoms with E-state index in [1.54, 1.807) is 13.8 Å². The average molecular weight is 279 g/mol. The van der Waals surface area contributed by atoms with E-state index in [1.807, 2.05) is 5.38 Å². The highest BCUT2D eigenvalue weighted by Gasteiger charge is 2.15. The minimum Gasteiger partial charge on any atom is -0.269 e. The molecule has 2 rings (SSSR count). The van der Waals surface area contributed by atoms with Gasteiger partial charge in [0.2, 0.25) is 0 Å². The molecule has 0 fully saturated rings. The van der Waals surface area contributed by atoms with Gasteiger partial charge >= 0.3 is 0 Å². The topological polar surface area (TPSA) is 72.7 Å². The first-order valence-electron chi connectivity index (χ1n) is 5.53. The predicted octanol–water partition coefficient (Wildman–Crippen LogP) is 1.30. The summed E-state index contributed by atoms with van der Waals surface area (Å²) in [4.78, 5) is 33.5. The Balaban J connectivity index is 2.27. The molecule has 0 aliphatic heterocycles. The van der Waals surface area contributed by atoms with Crippen LogP contribution in [0.1, 0.15) is 23.0 Å². The molecule has 0 saturated carbocycles. The van der Waals surface area contributed by atoms with Crippen LogP contribution in [0.2, 0.25) is 0 Å². The molecular weight excluding hydrogens is 266 g/mol. The molecule has 0 radical (unpaired) electrons. The largest absolute Gasteiger partial charge is 0.282 e. The van der Waals surface area contributed by atoms with E-state index in [4.69, 9.17) is 4.84 Å². The van der Waals surface area contributed by atoms with Gasteiger partial charge in [-0.2, -0.15) is 0 Å². The summed E-state index contributed by atoms with van der Waals surface area (Å²) in [6.45, 7) is 7.38. The highest BCUT2D eigenvalue weighted by Crippen LogP contribution is 2.10. The highest BCUT2D eigenvalue weighted by atomic mass is 32.1. The number of thiazole rings is 1. The third-order valence-electron chi connectivity index (χ3n) is 2.34. The number of carbonyl (C=O) groups excluding carboxylic acids is 1. The molecule has 2 aromatic heterocycles. The molecule has 2 heterocycles. The first-order valence-corrected chi connectivity index (χ1v) is 6.41. The van der Waals surface area contributed by atoms with Gasteiger partial charge in [0, 0.05) is 17.3 Å². The summed E-state index contributed by atoms with van der Waals surface area (Å²) in [6, 6.07) is 0. The van der Waals surface area contributed by atoms with Crippen molar-refractivity contribution in [1.82, 2.24) is 14.9 Å². The number of hydrogen-bond acceptors (Lipinski definition) is 5. The van der Waals surface area contributed by atoms with Crippen LogP contribution < -0.4 is 11.0 Å². The maximum absolute atomic E-state index is 12.1. The van der Waals surface area contributed by atoms with Gasteiger partial charge in [-0.3, -0.25) is 18.8 Å². The van der Waals surface area contributed by atoms with Crippen molar-refractivity contribution < 1.29 is 9.63 Å². The highest BCUT2D eigenvalue weighted by molar-refractivity contribution is 7.15. The number of aryl methyl sites for hydroxylation is 1. The molecule has 0 bridgehead atoms. The number of nitrogens with one attached hydrogen (secondary N) is 1. The molecule has 0 aliphatic carbocycles. The maximum Gasteiger partial charge on any atom is 0.282 e. The number of rotatable bonds is 4. The number of amides is 1. The maximum atomic E-state index is 12.1. The van der Waals surface area contributed by atoms with Crippen molar-refractivity contribution in [3.63, 3.8) is 0 Å². The molecule has 0 saturated heterocycles. The van der Waals surface area contributed by atoms with E-state index in [1.165, 1.54) is 21.9 Å². The molecule has 7 heteroatoms. The lowest BCUT2D eigenvalue weighted by Crippen LogP contribution is -2.32. The van der Waals surface area contributed by atoms with Gasteiger partial charge in [0.1, 0.15) is 5.56 Å². The SMILES string of the molecule is C=C(C)CONC(=O)c1cnc2scc(C)n2c1=O. The summed E-state index contributed by atoms with van der Waals surface area (Å²) in [7, 11) is 0. The lowest BCUT2D eigenvalue weighted by Gasteiger charge is -2.05. The number of carbonyl (C=O) groups is 1. The van der Waals surface area contributed by atoms with Gasteiger partial charge in [-0.05, 0) is 13.8 Å². The van der Waals surface area contributed by atoms with Crippen LogP contribution in [-0.4, -0.2) is 21.9 Å². The van der Waals surface area contributed by atoms with E-state index in [0.717, 1.165) is 11.3 Å². The van der Waals surface area contributed by atoms with Gasteiger partial charge in [-0.1, -0.05) is 12.2 Å². The Bertz CT molecular complexity index is 702. The van der Waals surface area contributed by atoms with Crippen LogP contribution in [0.5, 0.6) is 0 Å². The zero-order chi connectivity index (χ0) is 14.0. The number of hydrogen-bond donors (Lipinski definition) is 1. The quantitative estimate of drug-likeness (QED) is 0.676. The second kappa shape index (κ2) is 5.33. The van der Waals surface area contributed by atoms with Gasteiger partial charge in [0.15, 0.2) is 4.96 Å². The molecule has 0 atom stereocenters. The van der Waals surface area contributed by atoms with E-state index in [-0.39, 0.29) is 12.2 Å². The molecule has 100 valence electrons. The third-order valence-corrected chi connectivity index (χ3v) is 3.30. The van der Waals surface area contributed by atoms with Crippen molar-refractivity contribution in [1.29, 1.82) is 0 Å². The van der Waals surface area contributed by atoms with Gasteiger partial charge in [-0.25, -0.2) is 10.5 Å². The molecule has 6 nitrogen and oxygen atoms in total. The predicted molar refractivity (Wildman–Crippen MR) is 72.3 cm³/mol. The summed E-state index contributed by atoms with van der Waals surface area (Å²) in [5.41, 5.74) is 3.25. The molecule has 19 heavy (non-hydrogen) atoms. The molecule has 0 spiro atoms. The lowest BCUT2D eigenvalue weighted by atomic mass is 10.3. The number of nitrogens with zero attached hydrogens (tertiary/aromatic N) is 2. The zero-order valence-corrected chi connectivity index (χ0v) is 11.4. The van der Waals surface area contributed by atoms with Crippen LogP contribution in [0.4, 0.5) is 0 Å². The van der Waals surface area contributed by atoms with Crippen LogP contribution in [0.15, 0.2) is 28.5 Å². The van der Waals surface area contributed by atoms with E-state index >= 15 is 0 Å². The molecule has 0 unspecified atom stereocenters. The van der Waals surface area contributed by atoms with Crippen LogP contribution in [-0.2, 0) is 4.84 Å². The van der Waals surface area contributed by atoms with Crippen molar-refractivity contribution in [3.05, 3.63) is 45.3 Å².